The third-order valence-electron chi connectivity index (χ3n) is 2.15. The van der Waals surface area contributed by atoms with Crippen molar-refractivity contribution in [3.05, 3.63) is 16.1 Å². The number of esters is 1. The van der Waals surface area contributed by atoms with Gasteiger partial charge in [-0.3, -0.25) is 9.59 Å². The van der Waals surface area contributed by atoms with Crippen LogP contribution < -0.4 is 0 Å². The molecule has 74 valence electrons. The van der Waals surface area contributed by atoms with E-state index in [2.05, 4.69) is 4.98 Å². The van der Waals surface area contributed by atoms with Crippen molar-refractivity contribution in [2.24, 2.45) is 5.92 Å². The molecule has 0 spiro atoms. The second-order valence-corrected chi connectivity index (χ2v) is 3.94. The Balaban J connectivity index is 2.18. The molecule has 0 saturated heterocycles. The summed E-state index contributed by atoms with van der Waals surface area (Å²) in [5.41, 5.74) is 2.08. The highest BCUT2D eigenvalue weighted by Crippen LogP contribution is 2.29. The molecule has 1 unspecified atom stereocenters. The van der Waals surface area contributed by atoms with Crippen molar-refractivity contribution in [2.75, 3.05) is 6.61 Å². The average Bonchev–Trinajstić information content (AvgIpc) is 2.69. The predicted octanol–water partition coefficient (Wildman–Crippen LogP) is 1.06. The molecule has 1 aromatic heterocycles. The summed E-state index contributed by atoms with van der Waals surface area (Å²) in [5.74, 6) is -1.27. The molecule has 0 aromatic carbocycles. The normalized spacial score (nSPS) is 19.5. The van der Waals surface area contributed by atoms with Crippen LogP contribution >= 0.6 is 11.3 Å². The molecule has 0 fully saturated rings. The minimum Gasteiger partial charge on any atom is -0.465 e. The van der Waals surface area contributed by atoms with Gasteiger partial charge < -0.3 is 4.74 Å². The molecular formula is C9H9NO3S. The van der Waals surface area contributed by atoms with Crippen LogP contribution in [0.1, 0.15) is 22.3 Å². The van der Waals surface area contributed by atoms with Gasteiger partial charge in [-0.25, -0.2) is 4.98 Å². The van der Waals surface area contributed by atoms with Gasteiger partial charge in [0, 0.05) is 11.3 Å². The largest absolute Gasteiger partial charge is 0.465 e. The summed E-state index contributed by atoms with van der Waals surface area (Å²) < 4.78 is 4.81. The van der Waals surface area contributed by atoms with Gasteiger partial charge in [-0.05, 0) is 6.92 Å². The molecule has 0 saturated carbocycles. The molecule has 1 aromatic rings. The van der Waals surface area contributed by atoms with E-state index in [4.69, 9.17) is 4.74 Å². The van der Waals surface area contributed by atoms with Crippen LogP contribution in [0.2, 0.25) is 0 Å². The van der Waals surface area contributed by atoms with Gasteiger partial charge in [0.1, 0.15) is 11.6 Å². The summed E-state index contributed by atoms with van der Waals surface area (Å²) in [6, 6.07) is 0. The minimum atomic E-state index is -0.648. The molecule has 0 bridgehead atoms. The van der Waals surface area contributed by atoms with Crippen LogP contribution in [-0.4, -0.2) is 23.3 Å². The lowest BCUT2D eigenvalue weighted by molar-refractivity contribution is -0.145. The summed E-state index contributed by atoms with van der Waals surface area (Å²) in [4.78, 5) is 27.8. The average molecular weight is 211 g/mol. The summed E-state index contributed by atoms with van der Waals surface area (Å²) in [6.07, 6.45) is 0.456. The third kappa shape index (κ3) is 1.33. The lowest BCUT2D eigenvalue weighted by atomic mass is 10.1. The molecular weight excluding hydrogens is 202 g/mol. The van der Waals surface area contributed by atoms with Crippen LogP contribution in [0.4, 0.5) is 0 Å². The second-order valence-electron chi connectivity index (χ2n) is 3.00. The van der Waals surface area contributed by atoms with Crippen LogP contribution in [-0.2, 0) is 16.0 Å². The van der Waals surface area contributed by atoms with Crippen molar-refractivity contribution in [3.63, 3.8) is 0 Å². The fraction of sp³-hybridized carbons (Fsp3) is 0.444. The van der Waals surface area contributed by atoms with Gasteiger partial charge in [-0.2, -0.15) is 0 Å². The van der Waals surface area contributed by atoms with Crippen LogP contribution in [0.15, 0.2) is 5.51 Å². The maximum Gasteiger partial charge on any atom is 0.317 e. The number of ether oxygens (including phenoxy) is 1. The molecule has 0 N–H and O–H groups in total. The first-order valence-corrected chi connectivity index (χ1v) is 5.25. The predicted molar refractivity (Wildman–Crippen MR) is 50.3 cm³/mol. The smallest absolute Gasteiger partial charge is 0.317 e. The van der Waals surface area contributed by atoms with Crippen molar-refractivity contribution < 1.29 is 14.3 Å². The Hall–Kier alpha value is -1.23. The number of Topliss-reactive ketones (excluding diaryl/α,β-unsaturated/α-hetero) is 1. The van der Waals surface area contributed by atoms with Crippen LogP contribution in [0.5, 0.6) is 0 Å². The SMILES string of the molecule is CCOC(=O)C1Cc2scnc2C1=O. The zero-order valence-corrected chi connectivity index (χ0v) is 8.47. The van der Waals surface area contributed by atoms with E-state index in [0.717, 1.165) is 4.88 Å². The number of carbonyl (C=O) groups is 2. The Morgan fingerprint density at radius 2 is 2.57 bits per heavy atom. The van der Waals surface area contributed by atoms with Gasteiger partial charge in [0.05, 0.1) is 12.1 Å². The highest BCUT2D eigenvalue weighted by Gasteiger charge is 2.38. The number of fused-ring (bicyclic) bond motifs is 1. The van der Waals surface area contributed by atoms with Gasteiger partial charge in [-0.1, -0.05) is 0 Å². The number of aromatic nitrogens is 1. The van der Waals surface area contributed by atoms with Crippen molar-refractivity contribution in [2.45, 2.75) is 13.3 Å². The molecule has 0 aliphatic heterocycles. The van der Waals surface area contributed by atoms with E-state index in [1.54, 1.807) is 12.4 Å². The van der Waals surface area contributed by atoms with Gasteiger partial charge in [0.15, 0.2) is 5.78 Å². The first kappa shape index (κ1) is 9.33. The Morgan fingerprint density at radius 1 is 1.79 bits per heavy atom. The van der Waals surface area contributed by atoms with E-state index in [1.165, 1.54) is 11.3 Å². The molecule has 0 radical (unpaired) electrons. The van der Waals surface area contributed by atoms with Crippen molar-refractivity contribution in [1.29, 1.82) is 0 Å². The number of ketones is 1. The summed E-state index contributed by atoms with van der Waals surface area (Å²) >= 11 is 1.42. The first-order chi connectivity index (χ1) is 6.74. The number of hydrogen-bond donors (Lipinski definition) is 0. The van der Waals surface area contributed by atoms with E-state index >= 15 is 0 Å². The van der Waals surface area contributed by atoms with Crippen LogP contribution in [0.25, 0.3) is 0 Å². The molecule has 0 amide bonds. The van der Waals surface area contributed by atoms with E-state index in [1.807, 2.05) is 0 Å². The standard InChI is InChI=1S/C9H9NO3S/c1-2-13-9(12)5-3-6-7(8(5)11)10-4-14-6/h4-5H,2-3H2,1H3. The summed E-state index contributed by atoms with van der Waals surface area (Å²) in [7, 11) is 0. The zero-order chi connectivity index (χ0) is 10.1. The molecule has 5 heteroatoms. The van der Waals surface area contributed by atoms with E-state index < -0.39 is 11.9 Å². The van der Waals surface area contributed by atoms with Crippen LogP contribution in [0, 0.1) is 5.92 Å². The fourth-order valence-electron chi connectivity index (χ4n) is 1.49. The topological polar surface area (TPSA) is 56.3 Å². The van der Waals surface area contributed by atoms with Crippen molar-refractivity contribution in [3.8, 4) is 0 Å². The highest BCUT2D eigenvalue weighted by atomic mass is 32.1. The van der Waals surface area contributed by atoms with Gasteiger partial charge in [0.2, 0.25) is 0 Å². The number of carbonyl (C=O) groups excluding carboxylic acids is 2. The maximum atomic E-state index is 11.6. The second kappa shape index (κ2) is 3.49. The molecule has 1 atom stereocenters. The molecule has 1 aliphatic carbocycles. The van der Waals surface area contributed by atoms with E-state index in [-0.39, 0.29) is 5.78 Å². The molecule has 1 aliphatic rings. The lowest BCUT2D eigenvalue weighted by Crippen LogP contribution is -2.23. The Kier molecular flexibility index (Phi) is 2.33. The van der Waals surface area contributed by atoms with Crippen molar-refractivity contribution in [1.82, 2.24) is 4.98 Å². The number of nitrogens with zero attached hydrogens (tertiary/aromatic N) is 1. The minimum absolute atomic E-state index is 0.195. The summed E-state index contributed by atoms with van der Waals surface area (Å²) in [6.45, 7) is 2.04. The molecule has 4 nitrogen and oxygen atoms in total. The lowest BCUT2D eigenvalue weighted by Gasteiger charge is -2.05. The quantitative estimate of drug-likeness (QED) is 0.542. The van der Waals surface area contributed by atoms with Crippen molar-refractivity contribution >= 4 is 23.1 Å². The number of rotatable bonds is 2. The van der Waals surface area contributed by atoms with E-state index in [9.17, 15) is 9.59 Å². The Bertz CT molecular complexity index is 385. The fourth-order valence-corrected chi connectivity index (χ4v) is 2.31. The number of hydrogen-bond acceptors (Lipinski definition) is 5. The van der Waals surface area contributed by atoms with Gasteiger partial charge in [-0.15, -0.1) is 11.3 Å². The van der Waals surface area contributed by atoms with Crippen LogP contribution in [0.3, 0.4) is 0 Å². The summed E-state index contributed by atoms with van der Waals surface area (Å²) in [5, 5.41) is 0. The van der Waals surface area contributed by atoms with E-state index in [0.29, 0.717) is 18.7 Å². The molecule has 2 rings (SSSR count). The Labute approximate surface area is 84.9 Å². The molecule has 1 heterocycles. The Morgan fingerprint density at radius 3 is 3.21 bits per heavy atom. The third-order valence-corrected chi connectivity index (χ3v) is 3.01. The van der Waals surface area contributed by atoms with Gasteiger partial charge in [0.25, 0.3) is 0 Å². The monoisotopic (exact) mass is 211 g/mol. The first-order valence-electron chi connectivity index (χ1n) is 4.37. The zero-order valence-electron chi connectivity index (χ0n) is 7.65. The number of thiazole rings is 1. The maximum absolute atomic E-state index is 11.6. The van der Waals surface area contributed by atoms with Gasteiger partial charge >= 0.3 is 5.97 Å². The molecule has 14 heavy (non-hydrogen) atoms. The highest BCUT2D eigenvalue weighted by molar-refractivity contribution is 7.10.